The molecule has 1 aromatic heterocycles. The average molecular weight is 255 g/mol. The highest BCUT2D eigenvalue weighted by atomic mass is 15.2. The van der Waals surface area contributed by atoms with Crippen molar-refractivity contribution < 1.29 is 0 Å². The van der Waals surface area contributed by atoms with Crippen LogP contribution in [0, 0.1) is 6.92 Å². The lowest BCUT2D eigenvalue weighted by molar-refractivity contribution is 0.590. The summed E-state index contributed by atoms with van der Waals surface area (Å²) in [6.07, 6.45) is 1.04. The largest absolute Gasteiger partial charge is 0.368 e. The molecular weight excluding hydrogens is 234 g/mol. The first kappa shape index (κ1) is 12.4. The van der Waals surface area contributed by atoms with E-state index in [4.69, 9.17) is 4.98 Å². The molecule has 19 heavy (non-hydrogen) atoms. The molecule has 1 N–H and O–H groups in total. The summed E-state index contributed by atoms with van der Waals surface area (Å²) in [6.45, 7) is 8.58. The molecule has 0 atom stereocenters. The lowest BCUT2D eigenvalue weighted by atomic mass is 10.0. The van der Waals surface area contributed by atoms with Gasteiger partial charge in [0, 0.05) is 42.9 Å². The van der Waals surface area contributed by atoms with Crippen LogP contribution in [-0.2, 0) is 6.42 Å². The van der Waals surface area contributed by atoms with E-state index in [0.717, 1.165) is 38.3 Å². The second-order valence-corrected chi connectivity index (χ2v) is 5.19. The molecule has 2 heterocycles. The smallest absolute Gasteiger partial charge is 0.0757 e. The van der Waals surface area contributed by atoms with Gasteiger partial charge in [-0.05, 0) is 25.0 Å². The van der Waals surface area contributed by atoms with Gasteiger partial charge in [-0.3, -0.25) is 4.98 Å². The highest BCUT2D eigenvalue weighted by Gasteiger charge is 2.15. The molecular formula is C16H21N3. The van der Waals surface area contributed by atoms with E-state index >= 15 is 0 Å². The molecule has 1 aliphatic rings. The summed E-state index contributed by atoms with van der Waals surface area (Å²) in [6, 6.07) is 8.78. The van der Waals surface area contributed by atoms with Crippen molar-refractivity contribution >= 4 is 16.6 Å². The van der Waals surface area contributed by atoms with Gasteiger partial charge in [-0.1, -0.05) is 25.1 Å². The monoisotopic (exact) mass is 255 g/mol. The fourth-order valence-electron chi connectivity index (χ4n) is 2.87. The standard InChI is InChI=1S/C16H21N3/c1-3-13-5-4-6-14-15(11-12(2)18-16(13)14)19-9-7-17-8-10-19/h4-6,11,17H,3,7-10H2,1-2H3. The number of rotatable bonds is 2. The number of anilines is 1. The molecule has 1 fully saturated rings. The zero-order valence-corrected chi connectivity index (χ0v) is 11.7. The Kier molecular flexibility index (Phi) is 3.38. The van der Waals surface area contributed by atoms with E-state index in [2.05, 4.69) is 48.3 Å². The van der Waals surface area contributed by atoms with Crippen LogP contribution in [0.1, 0.15) is 18.2 Å². The number of aryl methyl sites for hydroxylation is 2. The lowest BCUT2D eigenvalue weighted by Gasteiger charge is -2.30. The lowest BCUT2D eigenvalue weighted by Crippen LogP contribution is -2.43. The van der Waals surface area contributed by atoms with Crippen molar-refractivity contribution in [1.82, 2.24) is 10.3 Å². The summed E-state index contributed by atoms with van der Waals surface area (Å²) in [5, 5.41) is 4.71. The third-order valence-corrected chi connectivity index (χ3v) is 3.87. The highest BCUT2D eigenvalue weighted by molar-refractivity contribution is 5.94. The van der Waals surface area contributed by atoms with Gasteiger partial charge in [-0.2, -0.15) is 0 Å². The number of fused-ring (bicyclic) bond motifs is 1. The maximum atomic E-state index is 4.76. The van der Waals surface area contributed by atoms with Gasteiger partial charge in [0.1, 0.15) is 0 Å². The van der Waals surface area contributed by atoms with Crippen LogP contribution in [-0.4, -0.2) is 31.2 Å². The predicted molar refractivity (Wildman–Crippen MR) is 80.9 cm³/mol. The second kappa shape index (κ2) is 5.17. The minimum absolute atomic E-state index is 1.04. The summed E-state index contributed by atoms with van der Waals surface area (Å²) in [5.41, 5.74) is 4.98. The summed E-state index contributed by atoms with van der Waals surface area (Å²) in [5.74, 6) is 0. The molecule has 2 aromatic rings. The van der Waals surface area contributed by atoms with Gasteiger partial charge in [0.15, 0.2) is 0 Å². The second-order valence-electron chi connectivity index (χ2n) is 5.19. The number of pyridine rings is 1. The minimum atomic E-state index is 1.04. The molecule has 1 aliphatic heterocycles. The Bertz CT molecular complexity index is 586. The zero-order chi connectivity index (χ0) is 13.2. The average Bonchev–Trinajstić information content (AvgIpc) is 2.46. The molecule has 1 aromatic carbocycles. The number of benzene rings is 1. The first-order valence-corrected chi connectivity index (χ1v) is 7.14. The Morgan fingerprint density at radius 2 is 2.05 bits per heavy atom. The summed E-state index contributed by atoms with van der Waals surface area (Å²) >= 11 is 0. The highest BCUT2D eigenvalue weighted by Crippen LogP contribution is 2.29. The number of hydrogen-bond acceptors (Lipinski definition) is 3. The molecule has 3 nitrogen and oxygen atoms in total. The van der Waals surface area contributed by atoms with Gasteiger partial charge in [0.2, 0.25) is 0 Å². The van der Waals surface area contributed by atoms with E-state index in [0.29, 0.717) is 0 Å². The minimum Gasteiger partial charge on any atom is -0.368 e. The molecule has 0 amide bonds. The van der Waals surface area contributed by atoms with Gasteiger partial charge >= 0.3 is 0 Å². The summed E-state index contributed by atoms with van der Waals surface area (Å²) < 4.78 is 0. The van der Waals surface area contributed by atoms with E-state index in [1.165, 1.54) is 22.2 Å². The SMILES string of the molecule is CCc1cccc2c(N3CCNCC3)cc(C)nc12. The van der Waals surface area contributed by atoms with Crippen LogP contribution in [0.5, 0.6) is 0 Å². The van der Waals surface area contributed by atoms with Crippen molar-refractivity contribution in [2.24, 2.45) is 0 Å². The molecule has 3 heteroatoms. The molecule has 0 bridgehead atoms. The fourth-order valence-corrected chi connectivity index (χ4v) is 2.87. The molecule has 100 valence electrons. The first-order chi connectivity index (χ1) is 9.29. The third kappa shape index (κ3) is 2.30. The number of aromatic nitrogens is 1. The quantitative estimate of drug-likeness (QED) is 0.893. The Morgan fingerprint density at radius 1 is 1.26 bits per heavy atom. The Labute approximate surface area is 114 Å². The van der Waals surface area contributed by atoms with Crippen molar-refractivity contribution in [2.45, 2.75) is 20.3 Å². The van der Waals surface area contributed by atoms with E-state index in [-0.39, 0.29) is 0 Å². The first-order valence-electron chi connectivity index (χ1n) is 7.14. The van der Waals surface area contributed by atoms with Gasteiger partial charge in [0.25, 0.3) is 0 Å². The van der Waals surface area contributed by atoms with Crippen LogP contribution >= 0.6 is 0 Å². The van der Waals surface area contributed by atoms with Gasteiger partial charge in [-0.15, -0.1) is 0 Å². The molecule has 0 saturated carbocycles. The Morgan fingerprint density at radius 3 is 2.79 bits per heavy atom. The molecule has 1 saturated heterocycles. The molecule has 0 unspecified atom stereocenters. The van der Waals surface area contributed by atoms with E-state index in [1.807, 2.05) is 0 Å². The van der Waals surface area contributed by atoms with E-state index in [1.54, 1.807) is 0 Å². The van der Waals surface area contributed by atoms with Crippen LogP contribution in [0.15, 0.2) is 24.3 Å². The third-order valence-electron chi connectivity index (χ3n) is 3.87. The predicted octanol–water partition coefficient (Wildman–Crippen LogP) is 2.52. The maximum absolute atomic E-state index is 4.76. The van der Waals surface area contributed by atoms with Crippen molar-refractivity contribution in [3.05, 3.63) is 35.5 Å². The Hall–Kier alpha value is -1.61. The van der Waals surface area contributed by atoms with Crippen molar-refractivity contribution in [3.8, 4) is 0 Å². The maximum Gasteiger partial charge on any atom is 0.0757 e. The Balaban J connectivity index is 2.17. The number of para-hydroxylation sites is 1. The van der Waals surface area contributed by atoms with Crippen LogP contribution in [0.25, 0.3) is 10.9 Å². The van der Waals surface area contributed by atoms with Crippen molar-refractivity contribution in [2.75, 3.05) is 31.1 Å². The van der Waals surface area contributed by atoms with Crippen LogP contribution in [0.4, 0.5) is 5.69 Å². The van der Waals surface area contributed by atoms with E-state index in [9.17, 15) is 0 Å². The van der Waals surface area contributed by atoms with Crippen molar-refractivity contribution in [1.29, 1.82) is 0 Å². The van der Waals surface area contributed by atoms with Gasteiger partial charge < -0.3 is 10.2 Å². The summed E-state index contributed by atoms with van der Waals surface area (Å²) in [7, 11) is 0. The number of hydrogen-bond donors (Lipinski definition) is 1. The number of piperazine rings is 1. The molecule has 0 aliphatic carbocycles. The molecule has 0 radical (unpaired) electrons. The summed E-state index contributed by atoms with van der Waals surface area (Å²) in [4.78, 5) is 7.24. The fraction of sp³-hybridized carbons (Fsp3) is 0.438. The van der Waals surface area contributed by atoms with Crippen LogP contribution in [0.2, 0.25) is 0 Å². The normalized spacial score (nSPS) is 16.0. The topological polar surface area (TPSA) is 28.2 Å². The number of nitrogens with zero attached hydrogens (tertiary/aromatic N) is 2. The zero-order valence-electron chi connectivity index (χ0n) is 11.7. The molecule has 0 spiro atoms. The number of nitrogens with one attached hydrogen (secondary N) is 1. The van der Waals surface area contributed by atoms with E-state index < -0.39 is 0 Å². The van der Waals surface area contributed by atoms with Crippen LogP contribution in [0.3, 0.4) is 0 Å². The van der Waals surface area contributed by atoms with Gasteiger partial charge in [0.05, 0.1) is 5.52 Å². The van der Waals surface area contributed by atoms with Crippen molar-refractivity contribution in [3.63, 3.8) is 0 Å². The van der Waals surface area contributed by atoms with Crippen LogP contribution < -0.4 is 10.2 Å². The molecule has 3 rings (SSSR count). The van der Waals surface area contributed by atoms with Gasteiger partial charge in [-0.25, -0.2) is 0 Å².